The molecule has 1 aromatic heterocycles. The molecule has 4 heteroatoms. The molecule has 1 unspecified atom stereocenters. The lowest BCUT2D eigenvalue weighted by Crippen LogP contribution is -2.41. The Balaban J connectivity index is 1.52. The van der Waals surface area contributed by atoms with Gasteiger partial charge in [0.05, 0.1) is 6.04 Å². The molecule has 106 valence electrons. The third kappa shape index (κ3) is 3.13. The first kappa shape index (κ1) is 14.2. The summed E-state index contributed by atoms with van der Waals surface area (Å²) in [6, 6.07) is 9.73. The molecule has 1 saturated carbocycles. The highest BCUT2D eigenvalue weighted by Gasteiger charge is 2.31. The van der Waals surface area contributed by atoms with Gasteiger partial charge in [0.15, 0.2) is 0 Å². The highest BCUT2D eigenvalue weighted by molar-refractivity contribution is 9.10. The molecule has 2 aromatic rings. The molecule has 0 aliphatic heterocycles. The summed E-state index contributed by atoms with van der Waals surface area (Å²) in [7, 11) is 0. The van der Waals surface area contributed by atoms with Crippen LogP contribution in [0, 0.1) is 6.92 Å². The molecule has 0 spiro atoms. The lowest BCUT2D eigenvalue weighted by molar-refractivity contribution is 0.270. The molecule has 2 nitrogen and oxygen atoms in total. The van der Waals surface area contributed by atoms with Crippen LogP contribution in [0.2, 0.25) is 0 Å². The zero-order chi connectivity index (χ0) is 14.1. The molecule has 1 N–H and O–H groups in total. The quantitative estimate of drug-likeness (QED) is 0.855. The van der Waals surface area contributed by atoms with Crippen LogP contribution in [0.4, 0.5) is 0 Å². The predicted octanol–water partition coefficient (Wildman–Crippen LogP) is 4.81. The summed E-state index contributed by atoms with van der Waals surface area (Å²) in [6.45, 7) is 4.33. The number of nitrogens with zero attached hydrogens (tertiary/aromatic N) is 1. The Hall–Kier alpha value is -0.710. The van der Waals surface area contributed by atoms with Gasteiger partial charge in [0.2, 0.25) is 0 Å². The van der Waals surface area contributed by atoms with Gasteiger partial charge in [0, 0.05) is 21.6 Å². The zero-order valence-corrected chi connectivity index (χ0v) is 14.2. The minimum absolute atomic E-state index is 0.365. The van der Waals surface area contributed by atoms with Crippen LogP contribution in [0.15, 0.2) is 34.9 Å². The van der Waals surface area contributed by atoms with Crippen LogP contribution in [-0.2, 0) is 0 Å². The van der Waals surface area contributed by atoms with E-state index >= 15 is 0 Å². The molecule has 1 aliphatic rings. The van der Waals surface area contributed by atoms with Crippen LogP contribution in [-0.4, -0.2) is 11.0 Å². The molecule has 0 bridgehead atoms. The molecular formula is C16H19BrN2S. The van der Waals surface area contributed by atoms with E-state index in [9.17, 15) is 0 Å². The van der Waals surface area contributed by atoms with E-state index in [1.165, 1.54) is 28.3 Å². The molecule has 0 radical (unpaired) electrons. The first-order chi connectivity index (χ1) is 9.61. The molecule has 1 heterocycles. The average Bonchev–Trinajstić information content (AvgIpc) is 2.81. The molecule has 1 aromatic carbocycles. The number of aryl methyl sites for hydroxylation is 1. The summed E-state index contributed by atoms with van der Waals surface area (Å²) in [6.07, 6.45) is 4.43. The molecule has 20 heavy (non-hydrogen) atoms. The van der Waals surface area contributed by atoms with Gasteiger partial charge in [-0.1, -0.05) is 28.1 Å². The Labute approximate surface area is 132 Å². The van der Waals surface area contributed by atoms with E-state index in [-0.39, 0.29) is 0 Å². The lowest BCUT2D eigenvalue weighted by atomic mass is 9.75. The SMILES string of the molecule is Cc1cnc(C(C)NC2CC(c3ccc(Br)cc3)C2)s1. The fourth-order valence-corrected chi connectivity index (χ4v) is 3.81. The average molecular weight is 351 g/mol. The van der Waals surface area contributed by atoms with Crippen LogP contribution in [0.3, 0.4) is 0 Å². The van der Waals surface area contributed by atoms with Crippen LogP contribution in [0.25, 0.3) is 0 Å². The normalized spacial score (nSPS) is 23.4. The van der Waals surface area contributed by atoms with E-state index in [1.807, 2.05) is 6.20 Å². The smallest absolute Gasteiger partial charge is 0.109 e. The van der Waals surface area contributed by atoms with Crippen LogP contribution in [0.5, 0.6) is 0 Å². The standard InChI is InChI=1S/C16H19BrN2S/c1-10-9-18-16(20-10)11(2)19-15-7-13(8-15)12-3-5-14(17)6-4-12/h3-6,9,11,13,15,19H,7-8H2,1-2H3. The van der Waals surface area contributed by atoms with Gasteiger partial charge in [-0.05, 0) is 50.3 Å². The summed E-state index contributed by atoms with van der Waals surface area (Å²) in [5.41, 5.74) is 1.46. The highest BCUT2D eigenvalue weighted by atomic mass is 79.9. The van der Waals surface area contributed by atoms with Gasteiger partial charge in [-0.25, -0.2) is 4.98 Å². The summed E-state index contributed by atoms with van der Waals surface area (Å²) in [5, 5.41) is 4.90. The van der Waals surface area contributed by atoms with Gasteiger partial charge in [-0.3, -0.25) is 0 Å². The Bertz CT molecular complexity index is 572. The molecule has 1 fully saturated rings. The maximum Gasteiger partial charge on any atom is 0.109 e. The number of halogens is 1. The minimum atomic E-state index is 0.365. The van der Waals surface area contributed by atoms with Crippen molar-refractivity contribution < 1.29 is 0 Å². The highest BCUT2D eigenvalue weighted by Crippen LogP contribution is 2.38. The minimum Gasteiger partial charge on any atom is -0.305 e. The zero-order valence-electron chi connectivity index (χ0n) is 11.8. The summed E-state index contributed by atoms with van der Waals surface area (Å²) < 4.78 is 1.16. The topological polar surface area (TPSA) is 24.9 Å². The van der Waals surface area contributed by atoms with E-state index in [4.69, 9.17) is 0 Å². The molecular weight excluding hydrogens is 332 g/mol. The summed E-state index contributed by atoms with van der Waals surface area (Å²) in [5.74, 6) is 0.714. The van der Waals surface area contributed by atoms with Gasteiger partial charge in [0.25, 0.3) is 0 Å². The van der Waals surface area contributed by atoms with E-state index in [2.05, 4.69) is 64.3 Å². The van der Waals surface area contributed by atoms with Crippen LogP contribution in [0.1, 0.15) is 47.2 Å². The predicted molar refractivity (Wildman–Crippen MR) is 88.3 cm³/mol. The Morgan fingerprint density at radius 2 is 2.00 bits per heavy atom. The number of hydrogen-bond acceptors (Lipinski definition) is 3. The maximum atomic E-state index is 4.46. The van der Waals surface area contributed by atoms with Crippen molar-refractivity contribution in [2.75, 3.05) is 0 Å². The third-order valence-electron chi connectivity index (χ3n) is 3.97. The van der Waals surface area contributed by atoms with Crippen LogP contribution >= 0.6 is 27.3 Å². The maximum absolute atomic E-state index is 4.46. The van der Waals surface area contributed by atoms with E-state index in [1.54, 1.807) is 11.3 Å². The lowest BCUT2D eigenvalue weighted by Gasteiger charge is -2.37. The van der Waals surface area contributed by atoms with E-state index < -0.39 is 0 Å². The third-order valence-corrected chi connectivity index (χ3v) is 5.60. The number of thiazole rings is 1. The number of hydrogen-bond donors (Lipinski definition) is 1. The number of nitrogens with one attached hydrogen (secondary N) is 1. The largest absolute Gasteiger partial charge is 0.305 e. The molecule has 3 rings (SSSR count). The molecule has 0 amide bonds. The summed E-state index contributed by atoms with van der Waals surface area (Å²) >= 11 is 5.28. The first-order valence-electron chi connectivity index (χ1n) is 7.05. The number of rotatable bonds is 4. The van der Waals surface area contributed by atoms with Crippen LogP contribution < -0.4 is 5.32 Å². The van der Waals surface area contributed by atoms with Gasteiger partial charge in [-0.15, -0.1) is 11.3 Å². The van der Waals surface area contributed by atoms with Crippen molar-refractivity contribution >= 4 is 27.3 Å². The second-order valence-corrected chi connectivity index (χ2v) is 7.80. The van der Waals surface area contributed by atoms with Crippen molar-refractivity contribution in [1.29, 1.82) is 0 Å². The second-order valence-electron chi connectivity index (χ2n) is 5.61. The van der Waals surface area contributed by atoms with Crippen molar-refractivity contribution in [1.82, 2.24) is 10.3 Å². The fraction of sp³-hybridized carbons (Fsp3) is 0.438. The fourth-order valence-electron chi connectivity index (χ4n) is 2.76. The Morgan fingerprint density at radius 3 is 2.60 bits per heavy atom. The van der Waals surface area contributed by atoms with Gasteiger partial charge in [0.1, 0.15) is 5.01 Å². The monoisotopic (exact) mass is 350 g/mol. The van der Waals surface area contributed by atoms with Crippen molar-refractivity contribution in [3.8, 4) is 0 Å². The molecule has 1 atom stereocenters. The Morgan fingerprint density at radius 1 is 1.30 bits per heavy atom. The van der Waals surface area contributed by atoms with Crippen molar-refractivity contribution in [2.24, 2.45) is 0 Å². The number of aromatic nitrogens is 1. The second kappa shape index (κ2) is 5.96. The van der Waals surface area contributed by atoms with E-state index in [0.29, 0.717) is 18.0 Å². The summed E-state index contributed by atoms with van der Waals surface area (Å²) in [4.78, 5) is 5.75. The van der Waals surface area contributed by atoms with Crippen molar-refractivity contribution in [3.63, 3.8) is 0 Å². The van der Waals surface area contributed by atoms with E-state index in [0.717, 1.165) is 4.47 Å². The molecule has 0 saturated heterocycles. The van der Waals surface area contributed by atoms with Crippen molar-refractivity contribution in [2.45, 2.75) is 44.7 Å². The molecule has 1 aliphatic carbocycles. The van der Waals surface area contributed by atoms with Gasteiger partial charge < -0.3 is 5.32 Å². The number of benzene rings is 1. The van der Waals surface area contributed by atoms with Gasteiger partial charge >= 0.3 is 0 Å². The van der Waals surface area contributed by atoms with Crippen molar-refractivity contribution in [3.05, 3.63) is 50.4 Å². The Kier molecular flexibility index (Phi) is 4.24. The van der Waals surface area contributed by atoms with Gasteiger partial charge in [-0.2, -0.15) is 0 Å². The first-order valence-corrected chi connectivity index (χ1v) is 8.66.